The first-order chi connectivity index (χ1) is 6.88. The lowest BCUT2D eigenvalue weighted by atomic mass is 10.1. The summed E-state index contributed by atoms with van der Waals surface area (Å²) >= 11 is 0. The lowest BCUT2D eigenvalue weighted by Crippen LogP contribution is -2.21. The van der Waals surface area contributed by atoms with Gasteiger partial charge in [0.15, 0.2) is 0 Å². The average Bonchev–Trinajstić information content (AvgIpc) is 2.07. The Bertz CT molecular complexity index is 329. The van der Waals surface area contributed by atoms with Gasteiger partial charge in [0.05, 0.1) is 12.2 Å². The molecule has 2 nitrogen and oxygen atoms in total. The van der Waals surface area contributed by atoms with Crippen molar-refractivity contribution in [1.82, 2.24) is 0 Å². The Kier molecular flexibility index (Phi) is 3.69. The van der Waals surface area contributed by atoms with Crippen molar-refractivity contribution in [2.75, 3.05) is 6.61 Å². The average molecular weight is 212 g/mol. The summed E-state index contributed by atoms with van der Waals surface area (Å²) in [6.07, 6.45) is 0.545. The predicted octanol–water partition coefficient (Wildman–Crippen LogP) is 2.67. The van der Waals surface area contributed by atoms with Crippen LogP contribution >= 0.6 is 0 Å². The predicted molar refractivity (Wildman–Crippen MR) is 57.5 cm³/mol. The van der Waals surface area contributed by atoms with Gasteiger partial charge in [-0.25, -0.2) is 4.39 Å². The van der Waals surface area contributed by atoms with Crippen molar-refractivity contribution in [2.45, 2.75) is 32.8 Å². The molecular weight excluding hydrogens is 195 g/mol. The molecule has 0 saturated heterocycles. The minimum absolute atomic E-state index is 0.262. The van der Waals surface area contributed by atoms with Crippen LogP contribution in [-0.4, -0.2) is 17.3 Å². The Balaban J connectivity index is 2.51. The molecule has 0 aromatic heterocycles. The van der Waals surface area contributed by atoms with Crippen LogP contribution in [0, 0.1) is 12.7 Å². The summed E-state index contributed by atoms with van der Waals surface area (Å²) in [5.74, 6) is 0.406. The summed E-state index contributed by atoms with van der Waals surface area (Å²) in [5, 5.41) is 9.47. The van der Waals surface area contributed by atoms with Crippen LogP contribution in [0.3, 0.4) is 0 Å². The van der Waals surface area contributed by atoms with Gasteiger partial charge < -0.3 is 9.84 Å². The summed E-state index contributed by atoms with van der Waals surface area (Å²) in [5.41, 5.74) is 0.0410. The zero-order valence-corrected chi connectivity index (χ0v) is 9.38. The Morgan fingerprint density at radius 3 is 2.60 bits per heavy atom. The van der Waals surface area contributed by atoms with Crippen LogP contribution in [0.1, 0.15) is 25.8 Å². The highest BCUT2D eigenvalue weighted by Crippen LogP contribution is 2.19. The van der Waals surface area contributed by atoms with Gasteiger partial charge in [-0.3, -0.25) is 0 Å². The number of aryl methyl sites for hydroxylation is 1. The van der Waals surface area contributed by atoms with E-state index in [1.54, 1.807) is 26.8 Å². The largest absolute Gasteiger partial charge is 0.493 e. The van der Waals surface area contributed by atoms with Gasteiger partial charge >= 0.3 is 0 Å². The number of halogens is 1. The molecule has 0 radical (unpaired) electrons. The van der Waals surface area contributed by atoms with E-state index >= 15 is 0 Å². The number of rotatable bonds is 4. The van der Waals surface area contributed by atoms with Gasteiger partial charge in [-0.05, 0) is 44.5 Å². The van der Waals surface area contributed by atoms with E-state index in [4.69, 9.17) is 4.74 Å². The SMILES string of the molecule is Cc1cc(F)ccc1OCCC(C)(C)O. The molecule has 84 valence electrons. The molecular formula is C12H17FO2. The standard InChI is InChI=1S/C12H17FO2/c1-9-8-10(13)4-5-11(9)15-7-6-12(2,3)14/h4-5,8,14H,6-7H2,1-3H3. The quantitative estimate of drug-likeness (QED) is 0.831. The minimum Gasteiger partial charge on any atom is -0.493 e. The summed E-state index contributed by atoms with van der Waals surface area (Å²) in [6, 6.07) is 4.40. The van der Waals surface area contributed by atoms with E-state index in [1.165, 1.54) is 12.1 Å². The van der Waals surface area contributed by atoms with Gasteiger partial charge in [0.2, 0.25) is 0 Å². The normalized spacial score (nSPS) is 11.5. The van der Waals surface area contributed by atoms with Crippen molar-refractivity contribution in [2.24, 2.45) is 0 Å². The fourth-order valence-corrected chi connectivity index (χ4v) is 1.19. The maximum Gasteiger partial charge on any atom is 0.123 e. The van der Waals surface area contributed by atoms with E-state index in [1.807, 2.05) is 0 Å². The first-order valence-electron chi connectivity index (χ1n) is 5.00. The number of hydrogen-bond donors (Lipinski definition) is 1. The van der Waals surface area contributed by atoms with Crippen LogP contribution < -0.4 is 4.74 Å². The monoisotopic (exact) mass is 212 g/mol. The van der Waals surface area contributed by atoms with Crippen molar-refractivity contribution >= 4 is 0 Å². The summed E-state index contributed by atoms with van der Waals surface area (Å²) < 4.78 is 18.2. The molecule has 15 heavy (non-hydrogen) atoms. The van der Waals surface area contributed by atoms with Gasteiger partial charge in [0.1, 0.15) is 11.6 Å². The highest BCUT2D eigenvalue weighted by Gasteiger charge is 2.12. The lowest BCUT2D eigenvalue weighted by molar-refractivity contribution is 0.0552. The highest BCUT2D eigenvalue weighted by molar-refractivity contribution is 5.32. The third-order valence-corrected chi connectivity index (χ3v) is 2.11. The first kappa shape index (κ1) is 12.0. The van der Waals surface area contributed by atoms with Crippen molar-refractivity contribution in [1.29, 1.82) is 0 Å². The molecule has 0 spiro atoms. The van der Waals surface area contributed by atoms with Crippen LogP contribution in [0.15, 0.2) is 18.2 Å². The molecule has 0 aliphatic carbocycles. The Labute approximate surface area is 89.7 Å². The highest BCUT2D eigenvalue weighted by atomic mass is 19.1. The molecule has 1 rings (SSSR count). The van der Waals surface area contributed by atoms with E-state index in [-0.39, 0.29) is 5.82 Å². The number of aliphatic hydroxyl groups is 1. The molecule has 0 fully saturated rings. The summed E-state index contributed by atoms with van der Waals surface area (Å²) in [6.45, 7) is 5.68. The fourth-order valence-electron chi connectivity index (χ4n) is 1.19. The third kappa shape index (κ3) is 4.30. The Hall–Kier alpha value is -1.09. The van der Waals surface area contributed by atoms with E-state index in [9.17, 15) is 9.50 Å². The molecule has 0 unspecified atom stereocenters. The van der Waals surface area contributed by atoms with Crippen molar-refractivity contribution in [3.05, 3.63) is 29.6 Å². The molecule has 0 heterocycles. The first-order valence-corrected chi connectivity index (χ1v) is 5.00. The molecule has 0 atom stereocenters. The molecule has 0 bridgehead atoms. The molecule has 0 amide bonds. The van der Waals surface area contributed by atoms with E-state index in [0.717, 1.165) is 5.56 Å². The van der Waals surface area contributed by atoms with Crippen LogP contribution in [-0.2, 0) is 0 Å². The Morgan fingerprint density at radius 2 is 2.07 bits per heavy atom. The number of benzene rings is 1. The van der Waals surface area contributed by atoms with Gasteiger partial charge in [0, 0.05) is 6.42 Å². The van der Waals surface area contributed by atoms with E-state index < -0.39 is 5.60 Å². The van der Waals surface area contributed by atoms with Gasteiger partial charge in [-0.15, -0.1) is 0 Å². The van der Waals surface area contributed by atoms with Crippen molar-refractivity contribution in [3.8, 4) is 5.75 Å². The zero-order valence-electron chi connectivity index (χ0n) is 9.38. The Morgan fingerprint density at radius 1 is 1.40 bits per heavy atom. The number of hydrogen-bond acceptors (Lipinski definition) is 2. The van der Waals surface area contributed by atoms with Crippen molar-refractivity contribution in [3.63, 3.8) is 0 Å². The molecule has 0 aliphatic heterocycles. The fraction of sp³-hybridized carbons (Fsp3) is 0.500. The van der Waals surface area contributed by atoms with E-state index in [2.05, 4.69) is 0 Å². The zero-order chi connectivity index (χ0) is 11.5. The summed E-state index contributed by atoms with van der Waals surface area (Å²) in [7, 11) is 0. The van der Waals surface area contributed by atoms with Crippen LogP contribution in [0.2, 0.25) is 0 Å². The second kappa shape index (κ2) is 4.62. The van der Waals surface area contributed by atoms with Gasteiger partial charge in [-0.2, -0.15) is 0 Å². The number of ether oxygens (including phenoxy) is 1. The van der Waals surface area contributed by atoms with Crippen LogP contribution in [0.4, 0.5) is 4.39 Å². The lowest BCUT2D eigenvalue weighted by Gasteiger charge is -2.17. The maximum atomic E-state index is 12.8. The van der Waals surface area contributed by atoms with Crippen LogP contribution in [0.5, 0.6) is 5.75 Å². The molecule has 1 aromatic carbocycles. The molecule has 0 aliphatic rings. The van der Waals surface area contributed by atoms with E-state index in [0.29, 0.717) is 18.8 Å². The third-order valence-electron chi connectivity index (χ3n) is 2.11. The molecule has 1 N–H and O–H groups in total. The summed E-state index contributed by atoms with van der Waals surface area (Å²) in [4.78, 5) is 0. The van der Waals surface area contributed by atoms with Gasteiger partial charge in [-0.1, -0.05) is 0 Å². The second-order valence-corrected chi connectivity index (χ2v) is 4.32. The minimum atomic E-state index is -0.728. The maximum absolute atomic E-state index is 12.8. The molecule has 1 aromatic rings. The molecule has 3 heteroatoms. The molecule has 0 saturated carbocycles. The van der Waals surface area contributed by atoms with Crippen molar-refractivity contribution < 1.29 is 14.2 Å². The smallest absolute Gasteiger partial charge is 0.123 e. The topological polar surface area (TPSA) is 29.5 Å². The van der Waals surface area contributed by atoms with Crippen LogP contribution in [0.25, 0.3) is 0 Å². The van der Waals surface area contributed by atoms with Gasteiger partial charge in [0.25, 0.3) is 0 Å². The second-order valence-electron chi connectivity index (χ2n) is 4.32.